The second kappa shape index (κ2) is 4.40. The van der Waals surface area contributed by atoms with E-state index in [1.54, 1.807) is 18.5 Å². The van der Waals surface area contributed by atoms with Gasteiger partial charge in [0.15, 0.2) is 5.03 Å². The van der Waals surface area contributed by atoms with E-state index in [1.165, 1.54) is 10.5 Å². The number of hydrogen-bond acceptors (Lipinski definition) is 4. The second-order valence-corrected chi connectivity index (χ2v) is 6.32. The van der Waals surface area contributed by atoms with Gasteiger partial charge in [-0.05, 0) is 19.3 Å². The fraction of sp³-hybridized carbons (Fsp3) is 0.700. The molecular formula is C10H17N3O3S. The van der Waals surface area contributed by atoms with Crippen molar-refractivity contribution in [1.29, 1.82) is 0 Å². The molecule has 0 spiro atoms. The van der Waals surface area contributed by atoms with Gasteiger partial charge < -0.3 is 9.67 Å². The maximum Gasteiger partial charge on any atom is 0.262 e. The molecular weight excluding hydrogens is 242 g/mol. The lowest BCUT2D eigenvalue weighted by molar-refractivity contribution is 0.233. The van der Waals surface area contributed by atoms with Crippen molar-refractivity contribution in [1.82, 2.24) is 13.9 Å². The van der Waals surface area contributed by atoms with Crippen molar-refractivity contribution in [2.45, 2.75) is 18.4 Å². The average molecular weight is 259 g/mol. The Morgan fingerprint density at radius 2 is 2.29 bits per heavy atom. The number of rotatable bonds is 3. The maximum absolute atomic E-state index is 12.2. The van der Waals surface area contributed by atoms with E-state index < -0.39 is 10.0 Å². The zero-order chi connectivity index (χ0) is 12.6. The molecule has 1 unspecified atom stereocenters. The SMILES string of the molecule is Cc1nc(S(=O)(=O)N2CCC(CO)C2)cn1C. The zero-order valence-electron chi connectivity index (χ0n) is 10.00. The summed E-state index contributed by atoms with van der Waals surface area (Å²) in [6, 6.07) is 0. The third-order valence-corrected chi connectivity index (χ3v) is 4.93. The highest BCUT2D eigenvalue weighted by Crippen LogP contribution is 2.23. The fourth-order valence-corrected chi connectivity index (χ4v) is 3.50. The minimum atomic E-state index is -3.49. The van der Waals surface area contributed by atoms with E-state index >= 15 is 0 Å². The van der Waals surface area contributed by atoms with Crippen molar-refractivity contribution < 1.29 is 13.5 Å². The number of aryl methyl sites for hydroxylation is 2. The molecule has 17 heavy (non-hydrogen) atoms. The van der Waals surface area contributed by atoms with Crippen molar-refractivity contribution in [2.75, 3.05) is 19.7 Å². The molecule has 1 aliphatic heterocycles. The van der Waals surface area contributed by atoms with Gasteiger partial charge in [-0.25, -0.2) is 13.4 Å². The van der Waals surface area contributed by atoms with Gasteiger partial charge in [-0.15, -0.1) is 0 Å². The quantitative estimate of drug-likeness (QED) is 0.811. The Kier molecular flexibility index (Phi) is 3.24. The average Bonchev–Trinajstić information content (AvgIpc) is 2.87. The molecule has 0 aliphatic carbocycles. The first-order valence-electron chi connectivity index (χ1n) is 5.56. The van der Waals surface area contributed by atoms with Crippen LogP contribution in [0.15, 0.2) is 11.2 Å². The predicted octanol–water partition coefficient (Wildman–Crippen LogP) is -0.269. The molecule has 1 N–H and O–H groups in total. The lowest BCUT2D eigenvalue weighted by atomic mass is 10.1. The van der Waals surface area contributed by atoms with E-state index in [2.05, 4.69) is 4.98 Å². The molecule has 0 radical (unpaired) electrons. The van der Waals surface area contributed by atoms with Gasteiger partial charge in [0.2, 0.25) is 0 Å². The summed E-state index contributed by atoms with van der Waals surface area (Å²) in [5.74, 6) is 0.719. The van der Waals surface area contributed by atoms with Crippen LogP contribution in [0, 0.1) is 12.8 Å². The normalized spacial score (nSPS) is 22.2. The standard InChI is InChI=1S/C10H17N3O3S/c1-8-11-10(6-12(8)2)17(15,16)13-4-3-9(5-13)7-14/h6,9,14H,3-5,7H2,1-2H3. The fourth-order valence-electron chi connectivity index (χ4n) is 1.95. The van der Waals surface area contributed by atoms with E-state index in [0.717, 1.165) is 0 Å². The third-order valence-electron chi connectivity index (χ3n) is 3.20. The largest absolute Gasteiger partial charge is 0.396 e. The van der Waals surface area contributed by atoms with Gasteiger partial charge in [-0.2, -0.15) is 4.31 Å². The topological polar surface area (TPSA) is 75.4 Å². The number of aliphatic hydroxyl groups is 1. The summed E-state index contributed by atoms with van der Waals surface area (Å²) in [6.07, 6.45) is 2.23. The van der Waals surface area contributed by atoms with E-state index in [-0.39, 0.29) is 17.6 Å². The summed E-state index contributed by atoms with van der Waals surface area (Å²) in [6.45, 7) is 2.64. The molecule has 0 amide bonds. The van der Waals surface area contributed by atoms with Gasteiger partial charge in [0.05, 0.1) is 0 Å². The van der Waals surface area contributed by atoms with Crippen molar-refractivity contribution in [3.8, 4) is 0 Å². The van der Waals surface area contributed by atoms with Gasteiger partial charge >= 0.3 is 0 Å². The van der Waals surface area contributed by atoms with Gasteiger partial charge in [-0.1, -0.05) is 0 Å². The van der Waals surface area contributed by atoms with Crippen molar-refractivity contribution in [3.63, 3.8) is 0 Å². The molecule has 2 rings (SSSR count). The van der Waals surface area contributed by atoms with Crippen LogP contribution in [-0.4, -0.2) is 47.1 Å². The summed E-state index contributed by atoms with van der Waals surface area (Å²) < 4.78 is 27.5. The summed E-state index contributed by atoms with van der Waals surface area (Å²) in [7, 11) is -1.73. The van der Waals surface area contributed by atoms with Gasteiger partial charge in [-0.3, -0.25) is 0 Å². The molecule has 1 aliphatic rings. The monoisotopic (exact) mass is 259 g/mol. The van der Waals surface area contributed by atoms with Crippen LogP contribution in [0.25, 0.3) is 0 Å². The minimum Gasteiger partial charge on any atom is -0.396 e. The van der Waals surface area contributed by atoms with E-state index in [1.807, 2.05) is 0 Å². The Balaban J connectivity index is 2.25. The van der Waals surface area contributed by atoms with Crippen LogP contribution in [0.3, 0.4) is 0 Å². The molecule has 0 saturated carbocycles. The Morgan fingerprint density at radius 3 is 2.76 bits per heavy atom. The van der Waals surface area contributed by atoms with Crippen LogP contribution in [0.1, 0.15) is 12.2 Å². The van der Waals surface area contributed by atoms with Crippen molar-refractivity contribution >= 4 is 10.0 Å². The first kappa shape index (κ1) is 12.5. The molecule has 2 heterocycles. The summed E-state index contributed by atoms with van der Waals surface area (Å²) in [4.78, 5) is 4.05. The summed E-state index contributed by atoms with van der Waals surface area (Å²) in [5, 5.41) is 9.12. The number of aliphatic hydroxyl groups excluding tert-OH is 1. The first-order chi connectivity index (χ1) is 7.95. The molecule has 7 heteroatoms. The molecule has 6 nitrogen and oxygen atoms in total. The number of hydrogen-bond donors (Lipinski definition) is 1. The van der Waals surface area contributed by atoms with E-state index in [9.17, 15) is 8.42 Å². The zero-order valence-corrected chi connectivity index (χ0v) is 10.8. The molecule has 1 fully saturated rings. The number of aromatic nitrogens is 2. The second-order valence-electron chi connectivity index (χ2n) is 4.44. The maximum atomic E-state index is 12.2. The predicted molar refractivity (Wildman–Crippen MR) is 61.9 cm³/mol. The van der Waals surface area contributed by atoms with Crippen LogP contribution in [0.5, 0.6) is 0 Å². The Labute approximate surface area is 101 Å². The number of imidazole rings is 1. The van der Waals surface area contributed by atoms with Crippen molar-refractivity contribution in [3.05, 3.63) is 12.0 Å². The minimum absolute atomic E-state index is 0.0350. The van der Waals surface area contributed by atoms with Gasteiger partial charge in [0, 0.05) is 32.9 Å². The smallest absolute Gasteiger partial charge is 0.262 e. The van der Waals surface area contributed by atoms with Crippen LogP contribution in [0.2, 0.25) is 0 Å². The first-order valence-corrected chi connectivity index (χ1v) is 7.00. The molecule has 1 atom stereocenters. The van der Waals surface area contributed by atoms with Crippen molar-refractivity contribution in [2.24, 2.45) is 13.0 Å². The van der Waals surface area contributed by atoms with Gasteiger partial charge in [0.25, 0.3) is 10.0 Å². The van der Waals surface area contributed by atoms with Crippen LogP contribution < -0.4 is 0 Å². The number of sulfonamides is 1. The molecule has 1 aromatic rings. The molecule has 0 bridgehead atoms. The summed E-state index contributed by atoms with van der Waals surface area (Å²) >= 11 is 0. The highest BCUT2D eigenvalue weighted by atomic mass is 32.2. The Hall–Kier alpha value is -0.920. The lowest BCUT2D eigenvalue weighted by Crippen LogP contribution is -2.29. The van der Waals surface area contributed by atoms with E-state index in [0.29, 0.717) is 25.3 Å². The van der Waals surface area contributed by atoms with Gasteiger partial charge in [0.1, 0.15) is 5.82 Å². The Morgan fingerprint density at radius 1 is 1.59 bits per heavy atom. The highest BCUT2D eigenvalue weighted by Gasteiger charge is 2.33. The molecule has 0 aromatic carbocycles. The van der Waals surface area contributed by atoms with E-state index in [4.69, 9.17) is 5.11 Å². The summed E-state index contributed by atoms with van der Waals surface area (Å²) in [5.41, 5.74) is 0. The Bertz CT molecular complexity index is 489. The third kappa shape index (κ3) is 2.22. The van der Waals surface area contributed by atoms with Crippen LogP contribution >= 0.6 is 0 Å². The molecule has 1 aromatic heterocycles. The number of nitrogens with zero attached hydrogens (tertiary/aromatic N) is 3. The van der Waals surface area contributed by atoms with Crippen LogP contribution in [0.4, 0.5) is 0 Å². The highest BCUT2D eigenvalue weighted by molar-refractivity contribution is 7.89. The lowest BCUT2D eigenvalue weighted by Gasteiger charge is -2.14. The molecule has 1 saturated heterocycles. The molecule has 96 valence electrons. The van der Waals surface area contributed by atoms with Crippen LogP contribution in [-0.2, 0) is 17.1 Å².